The normalized spacial score (nSPS) is 10.2. The summed E-state index contributed by atoms with van der Waals surface area (Å²) >= 11 is 0. The minimum atomic E-state index is 0.857. The number of rotatable bonds is 5. The quantitative estimate of drug-likeness (QED) is 0.533. The van der Waals surface area contributed by atoms with E-state index in [0.29, 0.717) is 0 Å². The van der Waals surface area contributed by atoms with Crippen LogP contribution in [0.1, 0.15) is 5.56 Å². The van der Waals surface area contributed by atoms with Crippen molar-refractivity contribution in [3.8, 4) is 0 Å². The SMILES string of the molecule is C=CNCC=CCc1ccccc1. The summed E-state index contributed by atoms with van der Waals surface area (Å²) in [7, 11) is 0. The smallest absolute Gasteiger partial charge is 0.0325 e. The van der Waals surface area contributed by atoms with E-state index < -0.39 is 0 Å². The van der Waals surface area contributed by atoms with Crippen LogP contribution in [0.3, 0.4) is 0 Å². The van der Waals surface area contributed by atoms with Gasteiger partial charge in [0.15, 0.2) is 0 Å². The second-order valence-corrected chi connectivity index (χ2v) is 2.77. The maximum absolute atomic E-state index is 3.57. The van der Waals surface area contributed by atoms with Gasteiger partial charge in [-0.15, -0.1) is 0 Å². The molecule has 0 saturated carbocycles. The lowest BCUT2D eigenvalue weighted by atomic mass is 10.1. The van der Waals surface area contributed by atoms with E-state index in [2.05, 4.69) is 48.3 Å². The van der Waals surface area contributed by atoms with Crippen molar-refractivity contribution in [2.45, 2.75) is 6.42 Å². The Bertz CT molecular complexity index is 262. The molecule has 0 saturated heterocycles. The van der Waals surface area contributed by atoms with Gasteiger partial charge in [0.1, 0.15) is 0 Å². The molecule has 0 radical (unpaired) electrons. The van der Waals surface area contributed by atoms with Crippen LogP contribution in [0.4, 0.5) is 0 Å². The summed E-state index contributed by atoms with van der Waals surface area (Å²) in [5.41, 5.74) is 1.34. The third-order valence-corrected chi connectivity index (χ3v) is 1.74. The van der Waals surface area contributed by atoms with E-state index in [0.717, 1.165) is 13.0 Å². The second-order valence-electron chi connectivity index (χ2n) is 2.77. The zero-order chi connectivity index (χ0) is 9.36. The van der Waals surface area contributed by atoms with Gasteiger partial charge in [-0.2, -0.15) is 0 Å². The zero-order valence-electron chi connectivity index (χ0n) is 7.74. The molecule has 0 unspecified atom stereocenters. The molecule has 1 heteroatoms. The highest BCUT2D eigenvalue weighted by Crippen LogP contribution is 1.99. The van der Waals surface area contributed by atoms with Crippen LogP contribution in [0, 0.1) is 0 Å². The van der Waals surface area contributed by atoms with Crippen LogP contribution in [0.25, 0.3) is 0 Å². The van der Waals surface area contributed by atoms with Gasteiger partial charge < -0.3 is 5.32 Å². The second kappa shape index (κ2) is 6.06. The van der Waals surface area contributed by atoms with E-state index in [1.165, 1.54) is 5.56 Å². The van der Waals surface area contributed by atoms with Crippen LogP contribution in [0.15, 0.2) is 55.3 Å². The fraction of sp³-hybridized carbons (Fsp3) is 0.167. The van der Waals surface area contributed by atoms with Crippen molar-refractivity contribution in [1.29, 1.82) is 0 Å². The molecule has 0 fully saturated rings. The molecule has 0 atom stereocenters. The summed E-state index contributed by atoms with van der Waals surface area (Å²) in [5, 5.41) is 3.01. The van der Waals surface area contributed by atoms with Gasteiger partial charge in [0.25, 0.3) is 0 Å². The van der Waals surface area contributed by atoms with E-state index >= 15 is 0 Å². The Balaban J connectivity index is 2.26. The lowest BCUT2D eigenvalue weighted by Crippen LogP contribution is -2.02. The Hall–Kier alpha value is -1.50. The Morgan fingerprint density at radius 2 is 1.92 bits per heavy atom. The van der Waals surface area contributed by atoms with Crippen LogP contribution >= 0.6 is 0 Å². The van der Waals surface area contributed by atoms with Gasteiger partial charge in [0.2, 0.25) is 0 Å². The van der Waals surface area contributed by atoms with E-state index in [4.69, 9.17) is 0 Å². The highest BCUT2D eigenvalue weighted by atomic mass is 14.8. The average molecular weight is 173 g/mol. The fourth-order valence-electron chi connectivity index (χ4n) is 1.07. The Morgan fingerprint density at radius 3 is 2.62 bits per heavy atom. The maximum atomic E-state index is 3.57. The molecule has 1 rings (SSSR count). The summed E-state index contributed by atoms with van der Waals surface area (Å²) in [4.78, 5) is 0. The molecule has 0 heterocycles. The number of hydrogen-bond acceptors (Lipinski definition) is 1. The predicted octanol–water partition coefficient (Wildman–Crippen LogP) is 2.52. The van der Waals surface area contributed by atoms with E-state index in [9.17, 15) is 0 Å². The van der Waals surface area contributed by atoms with Crippen molar-refractivity contribution in [2.24, 2.45) is 0 Å². The molecule has 13 heavy (non-hydrogen) atoms. The van der Waals surface area contributed by atoms with E-state index in [1.54, 1.807) is 6.20 Å². The van der Waals surface area contributed by atoms with Crippen molar-refractivity contribution in [2.75, 3.05) is 6.54 Å². The first-order valence-electron chi connectivity index (χ1n) is 4.46. The van der Waals surface area contributed by atoms with Gasteiger partial charge >= 0.3 is 0 Å². The topological polar surface area (TPSA) is 12.0 Å². The minimum absolute atomic E-state index is 0.857. The van der Waals surface area contributed by atoms with Crippen molar-refractivity contribution >= 4 is 0 Å². The molecule has 1 nitrogen and oxygen atoms in total. The molecule has 0 aromatic heterocycles. The number of hydrogen-bond donors (Lipinski definition) is 1. The summed E-state index contributed by atoms with van der Waals surface area (Å²) < 4.78 is 0. The van der Waals surface area contributed by atoms with Gasteiger partial charge in [-0.1, -0.05) is 49.1 Å². The highest BCUT2D eigenvalue weighted by molar-refractivity contribution is 5.17. The molecule has 0 amide bonds. The molecular weight excluding hydrogens is 158 g/mol. The van der Waals surface area contributed by atoms with E-state index in [1.807, 2.05) is 6.07 Å². The molecular formula is C12H15N. The Labute approximate surface area is 79.8 Å². The number of benzene rings is 1. The molecule has 0 aliphatic rings. The monoisotopic (exact) mass is 173 g/mol. The van der Waals surface area contributed by atoms with Crippen molar-refractivity contribution in [3.63, 3.8) is 0 Å². The molecule has 0 spiro atoms. The minimum Gasteiger partial charge on any atom is -0.388 e. The average Bonchev–Trinajstić information content (AvgIpc) is 2.19. The van der Waals surface area contributed by atoms with Gasteiger partial charge in [-0.05, 0) is 18.2 Å². The van der Waals surface area contributed by atoms with Gasteiger partial charge in [-0.3, -0.25) is 0 Å². The first kappa shape index (κ1) is 9.59. The van der Waals surface area contributed by atoms with E-state index in [-0.39, 0.29) is 0 Å². The van der Waals surface area contributed by atoms with Gasteiger partial charge in [-0.25, -0.2) is 0 Å². The molecule has 0 aliphatic heterocycles. The summed E-state index contributed by atoms with van der Waals surface area (Å²) in [6.07, 6.45) is 6.97. The largest absolute Gasteiger partial charge is 0.388 e. The third kappa shape index (κ3) is 4.16. The molecule has 0 aliphatic carbocycles. The Morgan fingerprint density at radius 1 is 1.15 bits per heavy atom. The van der Waals surface area contributed by atoms with Crippen molar-refractivity contribution in [3.05, 3.63) is 60.8 Å². The predicted molar refractivity (Wildman–Crippen MR) is 57.5 cm³/mol. The highest BCUT2D eigenvalue weighted by Gasteiger charge is 1.84. The summed E-state index contributed by atoms with van der Waals surface area (Å²) in [6, 6.07) is 10.4. The van der Waals surface area contributed by atoms with Crippen LogP contribution < -0.4 is 5.32 Å². The number of nitrogens with one attached hydrogen (secondary N) is 1. The molecule has 0 bridgehead atoms. The lowest BCUT2D eigenvalue weighted by Gasteiger charge is -1.94. The first-order valence-corrected chi connectivity index (χ1v) is 4.46. The van der Waals surface area contributed by atoms with Crippen LogP contribution in [-0.4, -0.2) is 6.54 Å². The number of allylic oxidation sites excluding steroid dienone is 1. The Kier molecular flexibility index (Phi) is 4.47. The van der Waals surface area contributed by atoms with Crippen LogP contribution in [-0.2, 0) is 6.42 Å². The first-order chi connectivity index (χ1) is 6.43. The molecule has 1 aromatic carbocycles. The fourth-order valence-corrected chi connectivity index (χ4v) is 1.07. The van der Waals surface area contributed by atoms with Crippen LogP contribution in [0.2, 0.25) is 0 Å². The van der Waals surface area contributed by atoms with Crippen LogP contribution in [0.5, 0.6) is 0 Å². The summed E-state index contributed by atoms with van der Waals surface area (Å²) in [6.45, 7) is 4.43. The lowest BCUT2D eigenvalue weighted by molar-refractivity contribution is 0.984. The third-order valence-electron chi connectivity index (χ3n) is 1.74. The molecule has 1 N–H and O–H groups in total. The molecule has 68 valence electrons. The van der Waals surface area contributed by atoms with Crippen molar-refractivity contribution in [1.82, 2.24) is 5.32 Å². The zero-order valence-corrected chi connectivity index (χ0v) is 7.74. The van der Waals surface area contributed by atoms with Gasteiger partial charge in [0, 0.05) is 6.54 Å². The van der Waals surface area contributed by atoms with Gasteiger partial charge in [0.05, 0.1) is 0 Å². The summed E-state index contributed by atoms with van der Waals surface area (Å²) in [5.74, 6) is 0. The maximum Gasteiger partial charge on any atom is 0.0325 e. The standard InChI is InChI=1S/C12H15N/c1-2-13-11-7-6-10-12-8-4-3-5-9-12/h2-9,13H,1,10-11H2. The molecule has 1 aromatic rings. The van der Waals surface area contributed by atoms with Crippen molar-refractivity contribution < 1.29 is 0 Å².